The fourth-order valence-corrected chi connectivity index (χ4v) is 1.78. The van der Waals surface area contributed by atoms with Gasteiger partial charge in [0, 0.05) is 32.2 Å². The Kier molecular flexibility index (Phi) is 3.69. The van der Waals surface area contributed by atoms with Gasteiger partial charge in [0.2, 0.25) is 0 Å². The van der Waals surface area contributed by atoms with Crippen molar-refractivity contribution in [3.05, 3.63) is 17.5 Å². The lowest BCUT2D eigenvalue weighted by atomic mass is 10.2. The number of nitrogens with zero attached hydrogens (tertiary/aromatic N) is 3. The maximum Gasteiger partial charge on any atom is 0.257 e. The third-order valence-electron chi connectivity index (χ3n) is 2.01. The molecule has 1 aromatic heterocycles. The summed E-state index contributed by atoms with van der Waals surface area (Å²) in [4.78, 5) is 13.5. The molecule has 0 saturated heterocycles. The summed E-state index contributed by atoms with van der Waals surface area (Å²) >= 11 is 3.30. The average Bonchev–Trinajstić information content (AvgIpc) is 2.44. The predicted octanol–water partition coefficient (Wildman–Crippen LogP) is 1.20. The Balaban J connectivity index is 2.83. The maximum absolute atomic E-state index is 11.8. The SMILES string of the molecule is Cc1nn(C)cc1C(=O)N(C)CCBr. The highest BCUT2D eigenvalue weighted by Crippen LogP contribution is 2.07. The second-order valence-corrected chi connectivity index (χ2v) is 4.01. The second-order valence-electron chi connectivity index (χ2n) is 3.22. The minimum absolute atomic E-state index is 0.0232. The van der Waals surface area contributed by atoms with Crippen LogP contribution in [0.1, 0.15) is 16.1 Å². The molecule has 0 atom stereocenters. The Morgan fingerprint density at radius 3 is 2.79 bits per heavy atom. The summed E-state index contributed by atoms with van der Waals surface area (Å²) in [7, 11) is 3.60. The van der Waals surface area contributed by atoms with Crippen LogP contribution in [-0.2, 0) is 7.05 Å². The quantitative estimate of drug-likeness (QED) is 0.766. The lowest BCUT2D eigenvalue weighted by molar-refractivity contribution is 0.0803. The van der Waals surface area contributed by atoms with Crippen molar-refractivity contribution in [1.82, 2.24) is 14.7 Å². The summed E-state index contributed by atoms with van der Waals surface area (Å²) in [5, 5.41) is 4.92. The normalized spacial score (nSPS) is 10.3. The summed E-state index contributed by atoms with van der Waals surface area (Å²) in [6, 6.07) is 0. The van der Waals surface area contributed by atoms with E-state index in [0.29, 0.717) is 12.1 Å². The van der Waals surface area contributed by atoms with Crippen LogP contribution in [0.25, 0.3) is 0 Å². The minimum atomic E-state index is 0.0232. The van der Waals surface area contributed by atoms with Gasteiger partial charge >= 0.3 is 0 Å². The molecule has 1 amide bonds. The number of hydrogen-bond donors (Lipinski definition) is 0. The van der Waals surface area contributed by atoms with Gasteiger partial charge in [0.1, 0.15) is 0 Å². The minimum Gasteiger partial charge on any atom is -0.341 e. The van der Waals surface area contributed by atoms with Crippen LogP contribution in [0.2, 0.25) is 0 Å². The van der Waals surface area contributed by atoms with E-state index in [4.69, 9.17) is 0 Å². The smallest absolute Gasteiger partial charge is 0.257 e. The van der Waals surface area contributed by atoms with Gasteiger partial charge in [-0.05, 0) is 6.92 Å². The van der Waals surface area contributed by atoms with Crippen molar-refractivity contribution < 1.29 is 4.79 Å². The van der Waals surface area contributed by atoms with E-state index < -0.39 is 0 Å². The Bertz CT molecular complexity index is 335. The second kappa shape index (κ2) is 4.59. The molecule has 1 rings (SSSR count). The van der Waals surface area contributed by atoms with Gasteiger partial charge in [-0.25, -0.2) is 0 Å². The van der Waals surface area contributed by atoms with Gasteiger partial charge in [-0.3, -0.25) is 9.48 Å². The van der Waals surface area contributed by atoms with E-state index >= 15 is 0 Å². The highest BCUT2D eigenvalue weighted by Gasteiger charge is 2.15. The summed E-state index contributed by atoms with van der Waals surface area (Å²) in [6.07, 6.45) is 1.75. The largest absolute Gasteiger partial charge is 0.341 e. The first-order valence-electron chi connectivity index (χ1n) is 4.38. The number of carbonyl (C=O) groups is 1. The van der Waals surface area contributed by atoms with Gasteiger partial charge in [0.25, 0.3) is 5.91 Å². The van der Waals surface area contributed by atoms with Crippen molar-refractivity contribution in [2.45, 2.75) is 6.92 Å². The number of rotatable bonds is 3. The summed E-state index contributed by atoms with van der Waals surface area (Å²) in [5.41, 5.74) is 1.45. The number of alkyl halides is 1. The molecule has 0 saturated carbocycles. The molecule has 5 heteroatoms. The lowest BCUT2D eigenvalue weighted by Gasteiger charge is -2.14. The van der Waals surface area contributed by atoms with Crippen LogP contribution in [-0.4, -0.2) is 39.5 Å². The zero-order chi connectivity index (χ0) is 10.7. The topological polar surface area (TPSA) is 38.1 Å². The molecular weight excluding hydrogens is 246 g/mol. The van der Waals surface area contributed by atoms with Gasteiger partial charge in [-0.15, -0.1) is 0 Å². The summed E-state index contributed by atoms with van der Waals surface area (Å²) in [6.45, 7) is 2.54. The summed E-state index contributed by atoms with van der Waals surface area (Å²) in [5.74, 6) is 0.0232. The molecule has 1 aromatic rings. The number of aryl methyl sites for hydroxylation is 2. The van der Waals surface area contributed by atoms with E-state index in [1.54, 1.807) is 22.8 Å². The van der Waals surface area contributed by atoms with E-state index in [0.717, 1.165) is 11.0 Å². The van der Waals surface area contributed by atoms with E-state index in [9.17, 15) is 4.79 Å². The first-order chi connectivity index (χ1) is 6.56. The molecule has 0 aliphatic rings. The molecule has 4 nitrogen and oxygen atoms in total. The molecular formula is C9H14BrN3O. The highest BCUT2D eigenvalue weighted by molar-refractivity contribution is 9.09. The van der Waals surface area contributed by atoms with Crippen LogP contribution in [0.15, 0.2) is 6.20 Å². The van der Waals surface area contributed by atoms with E-state index in [-0.39, 0.29) is 5.91 Å². The van der Waals surface area contributed by atoms with Crippen molar-refractivity contribution >= 4 is 21.8 Å². The number of hydrogen-bond acceptors (Lipinski definition) is 2. The Morgan fingerprint density at radius 2 is 2.36 bits per heavy atom. The first kappa shape index (κ1) is 11.2. The fraction of sp³-hybridized carbons (Fsp3) is 0.556. The maximum atomic E-state index is 11.8. The Morgan fingerprint density at radius 1 is 1.71 bits per heavy atom. The van der Waals surface area contributed by atoms with E-state index in [1.807, 2.05) is 14.0 Å². The van der Waals surface area contributed by atoms with Crippen LogP contribution in [0, 0.1) is 6.92 Å². The summed E-state index contributed by atoms with van der Waals surface area (Å²) < 4.78 is 1.66. The van der Waals surface area contributed by atoms with Gasteiger partial charge in [-0.2, -0.15) is 5.10 Å². The zero-order valence-corrected chi connectivity index (χ0v) is 10.2. The molecule has 0 radical (unpaired) electrons. The highest BCUT2D eigenvalue weighted by atomic mass is 79.9. The van der Waals surface area contributed by atoms with Crippen LogP contribution < -0.4 is 0 Å². The molecule has 0 unspecified atom stereocenters. The number of amides is 1. The Hall–Kier alpha value is -0.840. The lowest BCUT2D eigenvalue weighted by Crippen LogP contribution is -2.28. The number of halogens is 1. The average molecular weight is 260 g/mol. The van der Waals surface area contributed by atoms with Gasteiger partial charge < -0.3 is 4.90 Å². The molecule has 0 aliphatic heterocycles. The molecule has 0 N–H and O–H groups in total. The van der Waals surface area contributed by atoms with Crippen LogP contribution >= 0.6 is 15.9 Å². The molecule has 78 valence electrons. The van der Waals surface area contributed by atoms with Gasteiger partial charge in [0.05, 0.1) is 11.3 Å². The van der Waals surface area contributed by atoms with Crippen molar-refractivity contribution in [2.24, 2.45) is 7.05 Å². The molecule has 0 aliphatic carbocycles. The monoisotopic (exact) mass is 259 g/mol. The Labute approximate surface area is 92.0 Å². The zero-order valence-electron chi connectivity index (χ0n) is 8.62. The van der Waals surface area contributed by atoms with Crippen molar-refractivity contribution in [3.63, 3.8) is 0 Å². The van der Waals surface area contributed by atoms with Gasteiger partial charge in [-0.1, -0.05) is 15.9 Å². The van der Waals surface area contributed by atoms with E-state index in [2.05, 4.69) is 21.0 Å². The van der Waals surface area contributed by atoms with Crippen LogP contribution in [0.5, 0.6) is 0 Å². The molecule has 0 bridgehead atoms. The number of carbonyl (C=O) groups excluding carboxylic acids is 1. The standard InChI is InChI=1S/C9H14BrN3O/c1-7-8(6-13(3)11-7)9(14)12(2)5-4-10/h6H,4-5H2,1-3H3. The van der Waals surface area contributed by atoms with E-state index in [1.165, 1.54) is 0 Å². The molecule has 14 heavy (non-hydrogen) atoms. The molecule has 0 aromatic carbocycles. The van der Waals surface area contributed by atoms with Crippen LogP contribution in [0.3, 0.4) is 0 Å². The third kappa shape index (κ3) is 2.35. The van der Waals surface area contributed by atoms with Crippen molar-refractivity contribution in [1.29, 1.82) is 0 Å². The molecule has 0 fully saturated rings. The number of aromatic nitrogens is 2. The first-order valence-corrected chi connectivity index (χ1v) is 5.50. The van der Waals surface area contributed by atoms with Crippen LogP contribution in [0.4, 0.5) is 0 Å². The molecule has 1 heterocycles. The van der Waals surface area contributed by atoms with Crippen molar-refractivity contribution in [3.8, 4) is 0 Å². The fourth-order valence-electron chi connectivity index (χ4n) is 1.24. The molecule has 0 spiro atoms. The van der Waals surface area contributed by atoms with Crippen molar-refractivity contribution in [2.75, 3.05) is 18.9 Å². The van der Waals surface area contributed by atoms with Gasteiger partial charge in [0.15, 0.2) is 0 Å². The predicted molar refractivity (Wildman–Crippen MR) is 58.7 cm³/mol. The third-order valence-corrected chi connectivity index (χ3v) is 2.37.